The number of unbranched alkanes of at least 4 members (excludes halogenated alkanes) is 38. The molecule has 0 aliphatic rings. The summed E-state index contributed by atoms with van der Waals surface area (Å²) in [6.45, 7) is 74.6. The molecule has 0 heteroatoms. The van der Waals surface area contributed by atoms with Crippen LogP contribution in [-0.2, 0) is 0 Å². The predicted molar refractivity (Wildman–Crippen MR) is 504 cm³/mol. The first-order valence-corrected chi connectivity index (χ1v) is 48.9. The smallest absolute Gasteiger partial charge is 0.0219 e. The Kier molecular flexibility index (Phi) is 136. The van der Waals surface area contributed by atoms with Gasteiger partial charge in [-0.2, -0.15) is 0 Å². The third-order valence-electron chi connectivity index (χ3n) is 19.1. The first-order chi connectivity index (χ1) is 49.9. The van der Waals surface area contributed by atoms with E-state index in [1.807, 2.05) is 0 Å². The molecule has 0 bridgehead atoms. The van der Waals surface area contributed by atoms with Gasteiger partial charge in [0.1, 0.15) is 0 Å². The highest BCUT2D eigenvalue weighted by atomic mass is 14.1. The predicted octanol–water partition coefficient (Wildman–Crippen LogP) is 41.2. The van der Waals surface area contributed by atoms with Crippen LogP contribution in [0.15, 0.2) is 24.3 Å². The highest BCUT2D eigenvalue weighted by Gasteiger charge is 2.01. The lowest BCUT2D eigenvalue weighted by molar-refractivity contribution is 0.503. The number of aryl methyl sites for hydroxylation is 1. The van der Waals surface area contributed by atoms with Crippen LogP contribution in [0.3, 0.4) is 0 Å². The Labute approximate surface area is 678 Å². The SMILES string of the molecule is CC(C)C.CCC(C)C.CCCC(C)C.CCCCC(C)C.CCCCCC(C)C.CCCCCCC(C)C.CCCCCCCCC(C)C.CCCCCCCCCCC(C)C.CCCCCCCCCCCCC(C)C.CCCCCCCCCCCCCCC(C)C.Cc1ccc(C(C)C)cc1. The maximum absolute atomic E-state index is 2.33. The Morgan fingerprint density at radius 1 is 0.171 bits per heavy atom. The second-order valence-corrected chi connectivity index (χ2v) is 37.5. The Morgan fingerprint density at radius 3 is 0.448 bits per heavy atom. The summed E-state index contributed by atoms with van der Waals surface area (Å²) in [6, 6.07) is 8.71. The molecule has 0 radical (unpaired) electrons. The minimum Gasteiger partial charge on any atom is -0.0654 e. The maximum Gasteiger partial charge on any atom is -0.0219 e. The average Bonchev–Trinajstić information content (AvgIpc) is 0.917. The molecule has 0 saturated carbocycles. The van der Waals surface area contributed by atoms with Gasteiger partial charge in [-0.25, -0.2) is 0 Å². The molecule has 0 aliphatic carbocycles. The Morgan fingerprint density at radius 2 is 0.314 bits per heavy atom. The van der Waals surface area contributed by atoms with E-state index in [-0.39, 0.29) is 0 Å². The Hall–Kier alpha value is -0.780. The normalized spacial score (nSPS) is 10.7. The zero-order chi connectivity index (χ0) is 82.2. The molecule has 0 amide bonds. The number of hydrogen-bond donors (Lipinski definition) is 0. The molecule has 0 nitrogen and oxygen atoms in total. The van der Waals surface area contributed by atoms with Crippen molar-refractivity contribution in [1.82, 2.24) is 0 Å². The van der Waals surface area contributed by atoms with Crippen LogP contribution in [0.2, 0.25) is 0 Å². The molecular formula is C105H224. The highest BCUT2D eigenvalue weighted by molar-refractivity contribution is 5.23. The van der Waals surface area contributed by atoms with Gasteiger partial charge in [0.05, 0.1) is 0 Å². The summed E-state index contributed by atoms with van der Waals surface area (Å²) in [5.74, 6) is 9.59. The van der Waals surface area contributed by atoms with Gasteiger partial charge < -0.3 is 0 Å². The molecule has 644 valence electrons. The van der Waals surface area contributed by atoms with E-state index in [2.05, 4.69) is 253 Å². The first-order valence-electron chi connectivity index (χ1n) is 48.9. The zero-order valence-corrected chi connectivity index (χ0v) is 81.6. The number of benzene rings is 1. The van der Waals surface area contributed by atoms with Gasteiger partial charge in [-0.15, -0.1) is 0 Å². The van der Waals surface area contributed by atoms with E-state index < -0.39 is 0 Å². The van der Waals surface area contributed by atoms with Gasteiger partial charge >= 0.3 is 0 Å². The third-order valence-corrected chi connectivity index (χ3v) is 19.1. The van der Waals surface area contributed by atoms with Crippen molar-refractivity contribution in [3.8, 4) is 0 Å². The molecule has 0 saturated heterocycles. The third kappa shape index (κ3) is 177. The van der Waals surface area contributed by atoms with Crippen LogP contribution in [0.1, 0.15) is 592 Å². The monoisotopic (exact) mass is 1490 g/mol. The molecule has 0 aliphatic heterocycles. The Balaban J connectivity index is -0.000000121. The van der Waals surface area contributed by atoms with Crippen LogP contribution in [0.5, 0.6) is 0 Å². The van der Waals surface area contributed by atoms with Crippen molar-refractivity contribution in [2.24, 2.45) is 59.2 Å². The van der Waals surface area contributed by atoms with Crippen LogP contribution in [0.25, 0.3) is 0 Å². The molecule has 0 heterocycles. The number of rotatable bonds is 56. The minimum absolute atomic E-state index is 0.653. The van der Waals surface area contributed by atoms with Gasteiger partial charge in [-0.1, -0.05) is 605 Å². The van der Waals surface area contributed by atoms with E-state index in [1.54, 1.807) is 0 Å². The molecule has 1 aromatic rings. The maximum atomic E-state index is 2.33. The first kappa shape index (κ1) is 125. The van der Waals surface area contributed by atoms with Gasteiger partial charge in [0.25, 0.3) is 0 Å². The van der Waals surface area contributed by atoms with Crippen molar-refractivity contribution in [3.05, 3.63) is 35.4 Å². The lowest BCUT2D eigenvalue weighted by Crippen LogP contribution is -1.87. The summed E-state index contributed by atoms with van der Waals surface area (Å²) in [6.07, 6.45) is 78.8. The van der Waals surface area contributed by atoms with Crippen LogP contribution in [0.4, 0.5) is 0 Å². The van der Waals surface area contributed by atoms with E-state index in [1.165, 1.54) is 364 Å². The summed E-state index contributed by atoms with van der Waals surface area (Å²) in [5.41, 5.74) is 2.76. The van der Waals surface area contributed by atoms with E-state index in [0.29, 0.717) is 5.92 Å². The molecule has 0 unspecified atom stereocenters. The second kappa shape index (κ2) is 114. The quantitative estimate of drug-likeness (QED) is 0.0570. The van der Waals surface area contributed by atoms with Gasteiger partial charge in [-0.3, -0.25) is 0 Å². The van der Waals surface area contributed by atoms with Gasteiger partial charge in [0.15, 0.2) is 0 Å². The molecule has 0 fully saturated rings. The van der Waals surface area contributed by atoms with Crippen molar-refractivity contribution in [2.45, 2.75) is 588 Å². The highest BCUT2D eigenvalue weighted by Crippen LogP contribution is 2.19. The van der Waals surface area contributed by atoms with Crippen LogP contribution in [-0.4, -0.2) is 0 Å². The van der Waals surface area contributed by atoms with Crippen LogP contribution >= 0.6 is 0 Å². The van der Waals surface area contributed by atoms with Crippen molar-refractivity contribution in [1.29, 1.82) is 0 Å². The van der Waals surface area contributed by atoms with E-state index in [9.17, 15) is 0 Å². The summed E-state index contributed by atoms with van der Waals surface area (Å²) in [7, 11) is 0. The van der Waals surface area contributed by atoms with E-state index in [4.69, 9.17) is 0 Å². The molecule has 1 aromatic carbocycles. The van der Waals surface area contributed by atoms with Crippen molar-refractivity contribution in [3.63, 3.8) is 0 Å². The minimum atomic E-state index is 0.653. The fourth-order valence-corrected chi connectivity index (χ4v) is 11.4. The number of hydrogen-bond acceptors (Lipinski definition) is 0. The molecule has 1 rings (SSSR count). The van der Waals surface area contributed by atoms with E-state index >= 15 is 0 Å². The summed E-state index contributed by atoms with van der Waals surface area (Å²) in [5, 5.41) is 0. The van der Waals surface area contributed by atoms with Gasteiger partial charge in [0, 0.05) is 0 Å². The largest absolute Gasteiger partial charge is 0.0654 e. The van der Waals surface area contributed by atoms with Crippen LogP contribution in [0, 0.1) is 66.1 Å². The topological polar surface area (TPSA) is 0 Å². The average molecular weight is 1490 g/mol. The van der Waals surface area contributed by atoms with Gasteiger partial charge in [-0.05, 0) is 77.6 Å². The van der Waals surface area contributed by atoms with Crippen molar-refractivity contribution in [2.75, 3.05) is 0 Å². The van der Waals surface area contributed by atoms with Gasteiger partial charge in [0.2, 0.25) is 0 Å². The molecule has 0 spiro atoms. The fraction of sp³-hybridized carbons (Fsp3) is 0.943. The van der Waals surface area contributed by atoms with Crippen molar-refractivity contribution >= 4 is 0 Å². The summed E-state index contributed by atoms with van der Waals surface area (Å²) in [4.78, 5) is 0. The lowest BCUT2D eigenvalue weighted by atomic mass is 10.0. The zero-order valence-electron chi connectivity index (χ0n) is 81.6. The molecule has 0 aromatic heterocycles. The summed E-state index contributed by atoms with van der Waals surface area (Å²) >= 11 is 0. The standard InChI is InChI=1S/C17H36.C15H32.C13H28.C11H24.C10H14.C9H20.C8H18.C7H16.C6H14.C5H12.C4H10/c1-4-5-6-7-8-9-10-11-12-13-14-15-16-17(2)3;1-4-5-6-7-8-9-10-11-12-13-14-15(2)3;1-4-5-6-7-8-9-10-11-12-13(2)3;1-4-5-6-7-8-9-10-11(2)3;1-8(2)10-6-4-9(3)5-7-10;1-4-5-6-7-8-9(2)3;1-4-5-6-7-8(2)3;1-4-5-6-7(2)3;1-4-5-6(2)3;1-4-5(2)3;1-4(2)3/h17H,4-16H2,1-3H3;15H,4-14H2,1-3H3;13H,4-12H2,1-3H3;11H,4-10H2,1-3H3;4-8H,1-3H3;9H,4-8H2,1-3H3;8H,4-7H2,1-3H3;7H,4-6H2,1-3H3;6H,4-5H2,1-3H3;5H,4H2,1-3H3;4H,1-3H3. The van der Waals surface area contributed by atoms with Crippen molar-refractivity contribution < 1.29 is 0 Å². The Bertz CT molecular complexity index is 1430. The lowest BCUT2D eigenvalue weighted by Gasteiger charge is -2.04. The van der Waals surface area contributed by atoms with E-state index in [0.717, 1.165) is 59.2 Å². The molecule has 105 heavy (non-hydrogen) atoms. The molecule has 0 atom stereocenters. The fourth-order valence-electron chi connectivity index (χ4n) is 11.4. The molecular weight excluding hydrogens is 1260 g/mol. The summed E-state index contributed by atoms with van der Waals surface area (Å²) < 4.78 is 0. The molecule has 0 N–H and O–H groups in total. The van der Waals surface area contributed by atoms with Crippen LogP contribution < -0.4 is 0 Å². The second-order valence-electron chi connectivity index (χ2n) is 37.5.